The molecule has 0 atom stereocenters. The summed E-state index contributed by atoms with van der Waals surface area (Å²) in [4.78, 5) is 9.94. The van der Waals surface area contributed by atoms with Crippen molar-refractivity contribution in [1.82, 2.24) is 19.1 Å². The van der Waals surface area contributed by atoms with Crippen molar-refractivity contribution in [1.29, 1.82) is 15.8 Å². The lowest BCUT2D eigenvalue weighted by molar-refractivity contribution is 1.15. The quantitative estimate of drug-likeness (QED) is 0.176. The third-order valence-corrected chi connectivity index (χ3v) is 10.4. The van der Waals surface area contributed by atoms with Crippen molar-refractivity contribution in [2.45, 2.75) is 0 Å². The van der Waals surface area contributed by atoms with Gasteiger partial charge in [0.1, 0.15) is 6.07 Å². The Morgan fingerprint density at radius 2 is 0.946 bits per heavy atom. The first-order valence-corrected chi connectivity index (χ1v) is 18.1. The Kier molecular flexibility index (Phi) is 7.49. The summed E-state index contributed by atoms with van der Waals surface area (Å²) in [7, 11) is 0. The molecule has 0 amide bonds. The highest BCUT2D eigenvalue weighted by atomic mass is 15.0. The van der Waals surface area contributed by atoms with Crippen molar-refractivity contribution >= 4 is 43.6 Å². The molecule has 0 fully saturated rings. The zero-order valence-electron chi connectivity index (χ0n) is 29.7. The van der Waals surface area contributed by atoms with Crippen LogP contribution in [0.5, 0.6) is 0 Å². The standard InChI is InChI=1S/C49H27N7/c50-28-31-15-19-46-39(23-31)40-24-32(29-51)16-20-47(40)55(46)37-18-22-48-41(26-37)38-13-7-8-14-45(38)56(48)44-21-17-35(25-36(44)30-52)43-27-42(33-9-3-1-4-10-33)53-49(54-43)34-11-5-2-6-12-34/h1-27H. The van der Waals surface area contributed by atoms with Crippen molar-refractivity contribution in [2.75, 3.05) is 0 Å². The molecule has 0 unspecified atom stereocenters. The second-order valence-corrected chi connectivity index (χ2v) is 13.6. The van der Waals surface area contributed by atoms with E-state index in [2.05, 4.69) is 57.7 Å². The fourth-order valence-electron chi connectivity index (χ4n) is 7.85. The monoisotopic (exact) mass is 713 g/mol. The molecule has 0 saturated heterocycles. The Bertz CT molecular complexity index is 3210. The average Bonchev–Trinajstić information content (AvgIpc) is 3.78. The Labute approximate surface area is 321 Å². The van der Waals surface area contributed by atoms with E-state index in [9.17, 15) is 15.8 Å². The van der Waals surface area contributed by atoms with Crippen LogP contribution in [0.1, 0.15) is 16.7 Å². The maximum absolute atomic E-state index is 10.7. The van der Waals surface area contributed by atoms with Crippen LogP contribution in [-0.4, -0.2) is 19.1 Å². The Morgan fingerprint density at radius 3 is 1.61 bits per heavy atom. The first-order valence-electron chi connectivity index (χ1n) is 18.1. The molecule has 0 aliphatic heterocycles. The minimum Gasteiger partial charge on any atom is -0.309 e. The van der Waals surface area contributed by atoms with E-state index in [0.717, 1.165) is 83.1 Å². The van der Waals surface area contributed by atoms with Crippen molar-refractivity contribution < 1.29 is 0 Å². The smallest absolute Gasteiger partial charge is 0.160 e. The van der Waals surface area contributed by atoms with Gasteiger partial charge in [-0.25, -0.2) is 9.97 Å². The molecule has 7 aromatic carbocycles. The summed E-state index contributed by atoms with van der Waals surface area (Å²) >= 11 is 0. The number of para-hydroxylation sites is 1. The van der Waals surface area contributed by atoms with E-state index in [-0.39, 0.29) is 0 Å². The molecule has 7 nitrogen and oxygen atoms in total. The van der Waals surface area contributed by atoms with Gasteiger partial charge < -0.3 is 9.13 Å². The van der Waals surface area contributed by atoms with Crippen LogP contribution < -0.4 is 0 Å². The van der Waals surface area contributed by atoms with Gasteiger partial charge in [-0.2, -0.15) is 15.8 Å². The molecule has 258 valence electrons. The molecule has 10 rings (SSSR count). The lowest BCUT2D eigenvalue weighted by atomic mass is 10.0. The highest BCUT2D eigenvalue weighted by molar-refractivity contribution is 6.12. The van der Waals surface area contributed by atoms with Crippen LogP contribution in [0.25, 0.3) is 88.9 Å². The Morgan fingerprint density at radius 1 is 0.393 bits per heavy atom. The minimum atomic E-state index is 0.513. The van der Waals surface area contributed by atoms with Gasteiger partial charge in [-0.3, -0.25) is 0 Å². The first-order chi connectivity index (χ1) is 27.6. The molecule has 10 aromatic rings. The molecular weight excluding hydrogens is 687 g/mol. The maximum Gasteiger partial charge on any atom is 0.160 e. The molecule has 0 radical (unpaired) electrons. The van der Waals surface area contributed by atoms with Crippen molar-refractivity contribution in [3.63, 3.8) is 0 Å². The molecule has 0 N–H and O–H groups in total. The van der Waals surface area contributed by atoms with Crippen LogP contribution in [0.4, 0.5) is 0 Å². The molecule has 0 saturated carbocycles. The molecule has 3 aromatic heterocycles. The number of fused-ring (bicyclic) bond motifs is 6. The van der Waals surface area contributed by atoms with E-state index in [1.165, 1.54) is 0 Å². The SMILES string of the molecule is N#Cc1ccc2c(c1)c1cc(C#N)ccc1n2-c1ccc2c(c1)c1ccccc1n2-c1ccc(-c2cc(-c3ccccc3)nc(-c3ccccc3)n2)cc1C#N. The molecule has 0 bridgehead atoms. The number of rotatable bonds is 5. The molecular formula is C49H27N7. The van der Waals surface area contributed by atoms with Crippen molar-refractivity contribution in [2.24, 2.45) is 0 Å². The second kappa shape index (κ2) is 13.0. The van der Waals surface area contributed by atoms with Gasteiger partial charge >= 0.3 is 0 Å². The highest BCUT2D eigenvalue weighted by Gasteiger charge is 2.20. The second-order valence-electron chi connectivity index (χ2n) is 13.6. The lowest BCUT2D eigenvalue weighted by Gasteiger charge is -2.13. The summed E-state index contributed by atoms with van der Waals surface area (Å²) in [6.45, 7) is 0. The molecule has 0 spiro atoms. The van der Waals surface area contributed by atoms with E-state index in [1.807, 2.05) is 133 Å². The van der Waals surface area contributed by atoms with Crippen LogP contribution in [0.15, 0.2) is 164 Å². The van der Waals surface area contributed by atoms with Crippen LogP contribution in [0.3, 0.4) is 0 Å². The maximum atomic E-state index is 10.7. The molecule has 0 aliphatic carbocycles. The number of nitriles is 3. The van der Waals surface area contributed by atoms with Crippen LogP contribution in [-0.2, 0) is 0 Å². The zero-order chi connectivity index (χ0) is 37.8. The third-order valence-electron chi connectivity index (χ3n) is 10.4. The van der Waals surface area contributed by atoms with Crippen molar-refractivity contribution in [3.8, 4) is 63.5 Å². The van der Waals surface area contributed by atoms with Gasteiger partial charge in [0.15, 0.2) is 5.82 Å². The number of hydrogen-bond acceptors (Lipinski definition) is 5. The number of hydrogen-bond donors (Lipinski definition) is 0. The Hall–Kier alpha value is -8.31. The number of aromatic nitrogens is 4. The van der Waals surface area contributed by atoms with Gasteiger partial charge in [-0.15, -0.1) is 0 Å². The minimum absolute atomic E-state index is 0.513. The van der Waals surface area contributed by atoms with Gasteiger partial charge in [0.05, 0.1) is 68.0 Å². The predicted octanol–water partition coefficient (Wildman–Crippen LogP) is 11.3. The molecule has 3 heterocycles. The first kappa shape index (κ1) is 32.3. The third kappa shape index (κ3) is 5.18. The van der Waals surface area contributed by atoms with E-state index in [1.54, 1.807) is 0 Å². The number of benzene rings is 7. The number of nitrogens with zero attached hydrogens (tertiary/aromatic N) is 7. The molecule has 56 heavy (non-hydrogen) atoms. The van der Waals surface area contributed by atoms with E-state index in [4.69, 9.17) is 9.97 Å². The largest absolute Gasteiger partial charge is 0.309 e. The summed E-state index contributed by atoms with van der Waals surface area (Å²) in [5, 5.41) is 34.0. The lowest BCUT2D eigenvalue weighted by Crippen LogP contribution is -2.00. The predicted molar refractivity (Wildman–Crippen MR) is 221 cm³/mol. The Balaban J connectivity index is 1.15. The fraction of sp³-hybridized carbons (Fsp3) is 0. The summed E-state index contributed by atoms with van der Waals surface area (Å²) in [6.07, 6.45) is 0. The van der Waals surface area contributed by atoms with E-state index in [0.29, 0.717) is 22.5 Å². The van der Waals surface area contributed by atoms with E-state index < -0.39 is 0 Å². The van der Waals surface area contributed by atoms with Gasteiger partial charge in [-0.1, -0.05) is 84.9 Å². The van der Waals surface area contributed by atoms with Crippen LogP contribution in [0.2, 0.25) is 0 Å². The topological polar surface area (TPSA) is 107 Å². The molecule has 7 heteroatoms. The average molecular weight is 714 g/mol. The van der Waals surface area contributed by atoms with Gasteiger partial charge in [0.25, 0.3) is 0 Å². The zero-order valence-corrected chi connectivity index (χ0v) is 29.7. The van der Waals surface area contributed by atoms with Gasteiger partial charge in [-0.05, 0) is 78.9 Å². The summed E-state index contributed by atoms with van der Waals surface area (Å²) in [5.41, 5.74) is 11.4. The molecule has 0 aliphatic rings. The normalized spacial score (nSPS) is 11.2. The summed E-state index contributed by atoms with van der Waals surface area (Å²) < 4.78 is 4.34. The van der Waals surface area contributed by atoms with Crippen molar-refractivity contribution in [3.05, 3.63) is 180 Å². The fourth-order valence-corrected chi connectivity index (χ4v) is 7.85. The highest BCUT2D eigenvalue weighted by Crippen LogP contribution is 2.39. The van der Waals surface area contributed by atoms with Gasteiger partial charge in [0, 0.05) is 43.9 Å². The van der Waals surface area contributed by atoms with E-state index >= 15 is 0 Å². The summed E-state index contributed by atoms with van der Waals surface area (Å²) in [5.74, 6) is 0.613. The van der Waals surface area contributed by atoms with Crippen LogP contribution in [0, 0.1) is 34.0 Å². The van der Waals surface area contributed by atoms with Crippen LogP contribution >= 0.6 is 0 Å². The van der Waals surface area contributed by atoms with Gasteiger partial charge in [0.2, 0.25) is 0 Å². The summed E-state index contributed by atoms with van der Waals surface area (Å²) in [6, 6.07) is 60.9.